The molecule has 2 aliphatic rings. The third-order valence-electron chi connectivity index (χ3n) is 3.28. The summed E-state index contributed by atoms with van der Waals surface area (Å²) in [7, 11) is 1.86. The number of thioether (sulfide) groups is 1. The lowest BCUT2D eigenvalue weighted by molar-refractivity contribution is -0.127. The number of likely N-dealkylation sites (N-methyl/N-ethyl adjacent to an activating group) is 1. The van der Waals surface area contributed by atoms with Gasteiger partial charge in [0.2, 0.25) is 5.91 Å². The van der Waals surface area contributed by atoms with Gasteiger partial charge in [-0.15, -0.1) is 0 Å². The van der Waals surface area contributed by atoms with Crippen molar-refractivity contribution < 1.29 is 4.79 Å². The van der Waals surface area contributed by atoms with E-state index in [4.69, 9.17) is 0 Å². The number of likely N-dealkylation sites (tertiary alicyclic amines) is 1. The van der Waals surface area contributed by atoms with E-state index < -0.39 is 0 Å². The molecule has 5 heteroatoms. The summed E-state index contributed by atoms with van der Waals surface area (Å²) in [6.45, 7) is 8.50. The molecule has 0 radical (unpaired) electrons. The number of amidine groups is 1. The van der Waals surface area contributed by atoms with Gasteiger partial charge in [0, 0.05) is 18.8 Å². The SMILES string of the molecule is CN1CCC(NC2=NCC(CC(C)(C)C)S2)C1=O. The molecular formula is C13H23N3OS. The quantitative estimate of drug-likeness (QED) is 0.830. The molecule has 2 unspecified atom stereocenters. The van der Waals surface area contributed by atoms with Crippen LogP contribution in [-0.4, -0.2) is 47.4 Å². The maximum Gasteiger partial charge on any atom is 0.244 e. The van der Waals surface area contributed by atoms with Crippen molar-refractivity contribution >= 4 is 22.8 Å². The molecule has 2 aliphatic heterocycles. The van der Waals surface area contributed by atoms with Gasteiger partial charge in [-0.05, 0) is 18.3 Å². The molecule has 0 bridgehead atoms. The summed E-state index contributed by atoms with van der Waals surface area (Å²) in [5.74, 6) is 0.192. The summed E-state index contributed by atoms with van der Waals surface area (Å²) in [4.78, 5) is 18.1. The molecule has 1 N–H and O–H groups in total. The summed E-state index contributed by atoms with van der Waals surface area (Å²) < 4.78 is 0. The summed E-state index contributed by atoms with van der Waals surface area (Å²) >= 11 is 1.80. The van der Waals surface area contributed by atoms with Crippen LogP contribution in [0.5, 0.6) is 0 Å². The van der Waals surface area contributed by atoms with Gasteiger partial charge in [0.1, 0.15) is 6.04 Å². The molecule has 102 valence electrons. The highest BCUT2D eigenvalue weighted by atomic mass is 32.2. The van der Waals surface area contributed by atoms with Crippen molar-refractivity contribution in [1.29, 1.82) is 0 Å². The Morgan fingerprint density at radius 1 is 1.50 bits per heavy atom. The third-order valence-corrected chi connectivity index (χ3v) is 4.40. The zero-order valence-electron chi connectivity index (χ0n) is 11.7. The number of hydrogen-bond donors (Lipinski definition) is 1. The number of nitrogens with one attached hydrogen (secondary N) is 1. The van der Waals surface area contributed by atoms with Crippen LogP contribution in [0.3, 0.4) is 0 Å². The second-order valence-corrected chi connectivity index (χ2v) is 7.68. The van der Waals surface area contributed by atoms with E-state index in [0.29, 0.717) is 10.7 Å². The third kappa shape index (κ3) is 3.40. The average molecular weight is 269 g/mol. The van der Waals surface area contributed by atoms with Crippen LogP contribution in [0.25, 0.3) is 0 Å². The van der Waals surface area contributed by atoms with Gasteiger partial charge in [0.05, 0.1) is 6.54 Å². The highest BCUT2D eigenvalue weighted by Crippen LogP contribution is 2.31. The van der Waals surface area contributed by atoms with Crippen molar-refractivity contribution in [2.75, 3.05) is 20.1 Å². The van der Waals surface area contributed by atoms with Gasteiger partial charge in [-0.25, -0.2) is 0 Å². The predicted octanol–water partition coefficient (Wildman–Crippen LogP) is 1.71. The first-order valence-electron chi connectivity index (χ1n) is 6.58. The minimum Gasteiger partial charge on any atom is -0.353 e. The molecule has 0 aliphatic carbocycles. The van der Waals surface area contributed by atoms with E-state index in [2.05, 4.69) is 31.1 Å². The molecule has 0 aromatic rings. The summed E-state index contributed by atoms with van der Waals surface area (Å²) in [5, 5.41) is 4.81. The number of rotatable bonds is 2. The molecular weight excluding hydrogens is 246 g/mol. The minimum atomic E-state index is -0.0605. The molecule has 0 spiro atoms. The summed E-state index contributed by atoms with van der Waals surface area (Å²) in [5.41, 5.74) is 0.339. The smallest absolute Gasteiger partial charge is 0.244 e. The fraction of sp³-hybridized carbons (Fsp3) is 0.846. The Hall–Kier alpha value is -0.710. The van der Waals surface area contributed by atoms with Crippen molar-refractivity contribution in [1.82, 2.24) is 10.2 Å². The lowest BCUT2D eigenvalue weighted by Gasteiger charge is -2.21. The van der Waals surface area contributed by atoms with Crippen LogP contribution < -0.4 is 5.32 Å². The van der Waals surface area contributed by atoms with Crippen LogP contribution >= 0.6 is 11.8 Å². The molecule has 0 saturated carbocycles. The number of hydrogen-bond acceptors (Lipinski definition) is 4. The van der Waals surface area contributed by atoms with Gasteiger partial charge in [-0.1, -0.05) is 32.5 Å². The number of carbonyl (C=O) groups excluding carboxylic acids is 1. The molecule has 2 heterocycles. The molecule has 0 aromatic carbocycles. The van der Waals surface area contributed by atoms with Crippen molar-refractivity contribution in [3.63, 3.8) is 0 Å². The number of amides is 1. The Kier molecular flexibility index (Phi) is 3.90. The fourth-order valence-electron chi connectivity index (χ4n) is 2.39. The largest absolute Gasteiger partial charge is 0.353 e. The van der Waals surface area contributed by atoms with E-state index in [1.807, 2.05) is 7.05 Å². The topological polar surface area (TPSA) is 44.7 Å². The zero-order chi connectivity index (χ0) is 13.3. The van der Waals surface area contributed by atoms with Gasteiger partial charge in [0.25, 0.3) is 0 Å². The van der Waals surface area contributed by atoms with Gasteiger partial charge in [-0.3, -0.25) is 9.79 Å². The monoisotopic (exact) mass is 269 g/mol. The second kappa shape index (κ2) is 5.11. The first-order chi connectivity index (χ1) is 8.35. The second-order valence-electron chi connectivity index (χ2n) is 6.40. The number of aliphatic imine (C=N–C) groups is 1. The average Bonchev–Trinajstić information content (AvgIpc) is 2.78. The maximum absolute atomic E-state index is 11.8. The van der Waals surface area contributed by atoms with Gasteiger partial charge in [-0.2, -0.15) is 0 Å². The lowest BCUT2D eigenvalue weighted by atomic mass is 9.90. The molecule has 18 heavy (non-hydrogen) atoms. The van der Waals surface area contributed by atoms with Crippen molar-refractivity contribution in [3.8, 4) is 0 Å². The molecule has 2 rings (SSSR count). The molecule has 2 atom stereocenters. The van der Waals surface area contributed by atoms with E-state index in [-0.39, 0.29) is 11.9 Å². The molecule has 1 saturated heterocycles. The van der Waals surface area contributed by atoms with Crippen LogP contribution in [0, 0.1) is 5.41 Å². The van der Waals surface area contributed by atoms with E-state index in [1.54, 1.807) is 16.7 Å². The van der Waals surface area contributed by atoms with Gasteiger partial charge >= 0.3 is 0 Å². The first-order valence-corrected chi connectivity index (χ1v) is 7.46. The molecule has 4 nitrogen and oxygen atoms in total. The van der Waals surface area contributed by atoms with E-state index in [9.17, 15) is 4.79 Å². The standard InChI is InChI=1S/C13H23N3OS/c1-13(2,3)7-9-8-14-12(18-9)15-10-5-6-16(4)11(10)17/h9-10H,5-8H2,1-4H3,(H,14,15). The van der Waals surface area contributed by atoms with Crippen LogP contribution in [-0.2, 0) is 4.79 Å². The Bertz CT molecular complexity index is 362. The van der Waals surface area contributed by atoms with Crippen molar-refractivity contribution in [3.05, 3.63) is 0 Å². The minimum absolute atomic E-state index is 0.0605. The van der Waals surface area contributed by atoms with E-state index in [1.165, 1.54) is 0 Å². The Morgan fingerprint density at radius 2 is 2.22 bits per heavy atom. The van der Waals surface area contributed by atoms with Crippen molar-refractivity contribution in [2.24, 2.45) is 10.4 Å². The Morgan fingerprint density at radius 3 is 2.78 bits per heavy atom. The predicted molar refractivity (Wildman–Crippen MR) is 76.9 cm³/mol. The Balaban J connectivity index is 1.81. The summed E-state index contributed by atoms with van der Waals surface area (Å²) in [6, 6.07) is -0.0605. The molecule has 1 amide bonds. The highest BCUT2D eigenvalue weighted by molar-refractivity contribution is 8.14. The fourth-order valence-corrected chi connectivity index (χ4v) is 3.80. The first kappa shape index (κ1) is 13.7. The van der Waals surface area contributed by atoms with Gasteiger partial charge in [0.15, 0.2) is 5.17 Å². The molecule has 0 aromatic heterocycles. The summed E-state index contributed by atoms with van der Waals surface area (Å²) in [6.07, 6.45) is 2.05. The normalized spacial score (nSPS) is 28.8. The van der Waals surface area contributed by atoms with E-state index in [0.717, 1.165) is 31.1 Å². The van der Waals surface area contributed by atoms with E-state index >= 15 is 0 Å². The molecule has 1 fully saturated rings. The number of nitrogens with zero attached hydrogens (tertiary/aromatic N) is 2. The van der Waals surface area contributed by atoms with Crippen LogP contribution in [0.15, 0.2) is 4.99 Å². The van der Waals surface area contributed by atoms with Crippen LogP contribution in [0.4, 0.5) is 0 Å². The Labute approximate surface area is 114 Å². The zero-order valence-corrected chi connectivity index (χ0v) is 12.5. The number of carbonyl (C=O) groups is 1. The van der Waals surface area contributed by atoms with Crippen LogP contribution in [0.1, 0.15) is 33.6 Å². The van der Waals surface area contributed by atoms with Gasteiger partial charge < -0.3 is 10.2 Å². The van der Waals surface area contributed by atoms with Crippen LogP contribution in [0.2, 0.25) is 0 Å². The maximum atomic E-state index is 11.8. The van der Waals surface area contributed by atoms with Crippen molar-refractivity contribution in [2.45, 2.75) is 44.9 Å². The lowest BCUT2D eigenvalue weighted by Crippen LogP contribution is -2.39. The highest BCUT2D eigenvalue weighted by Gasteiger charge is 2.32.